The van der Waals surface area contributed by atoms with Crippen molar-refractivity contribution >= 4 is 17.5 Å². The van der Waals surface area contributed by atoms with Crippen LogP contribution in [0.3, 0.4) is 0 Å². The molecule has 1 saturated heterocycles. The number of alkyl halides is 3. The summed E-state index contributed by atoms with van der Waals surface area (Å²) in [6.45, 7) is 2.02. The van der Waals surface area contributed by atoms with Crippen molar-refractivity contribution in [1.29, 1.82) is 0 Å². The van der Waals surface area contributed by atoms with E-state index < -0.39 is 17.8 Å². The van der Waals surface area contributed by atoms with Crippen molar-refractivity contribution in [3.05, 3.63) is 59.7 Å². The molecule has 144 valence electrons. The highest BCUT2D eigenvalue weighted by molar-refractivity contribution is 5.90. The second-order valence-electron chi connectivity index (χ2n) is 6.02. The number of amides is 1. The van der Waals surface area contributed by atoms with Gasteiger partial charge in [-0.3, -0.25) is 5.32 Å². The highest BCUT2D eigenvalue weighted by atomic mass is 19.4. The molecular formula is C19H19F3N2O3. The predicted octanol–water partition coefficient (Wildman–Crippen LogP) is 4.29. The summed E-state index contributed by atoms with van der Waals surface area (Å²) < 4.78 is 49.6. The van der Waals surface area contributed by atoms with Crippen molar-refractivity contribution in [3.8, 4) is 0 Å². The number of benzene rings is 2. The second kappa shape index (κ2) is 8.30. The Morgan fingerprint density at radius 2 is 1.81 bits per heavy atom. The topological polar surface area (TPSA) is 50.8 Å². The fraction of sp³-hybridized carbons (Fsp3) is 0.316. The molecule has 5 nitrogen and oxygen atoms in total. The van der Waals surface area contributed by atoms with Gasteiger partial charge in [-0.1, -0.05) is 30.3 Å². The van der Waals surface area contributed by atoms with E-state index in [1.165, 1.54) is 6.07 Å². The van der Waals surface area contributed by atoms with Crippen LogP contribution in [0.15, 0.2) is 48.5 Å². The molecule has 1 N–H and O–H groups in total. The van der Waals surface area contributed by atoms with Gasteiger partial charge in [-0.15, -0.1) is 0 Å². The number of carbonyl (C=O) groups excluding carboxylic acids is 1. The van der Waals surface area contributed by atoms with Crippen LogP contribution in [0.1, 0.15) is 11.1 Å². The second-order valence-corrected chi connectivity index (χ2v) is 6.02. The van der Waals surface area contributed by atoms with Crippen molar-refractivity contribution in [3.63, 3.8) is 0 Å². The third-order valence-corrected chi connectivity index (χ3v) is 4.13. The van der Waals surface area contributed by atoms with Gasteiger partial charge in [0.05, 0.1) is 30.2 Å². The van der Waals surface area contributed by atoms with E-state index in [0.29, 0.717) is 32.0 Å². The molecule has 1 fully saturated rings. The van der Waals surface area contributed by atoms with Gasteiger partial charge in [0.2, 0.25) is 0 Å². The molecule has 27 heavy (non-hydrogen) atoms. The number of halogens is 3. The Balaban J connectivity index is 1.76. The van der Waals surface area contributed by atoms with Crippen LogP contribution in [0.2, 0.25) is 0 Å². The molecule has 2 aromatic carbocycles. The summed E-state index contributed by atoms with van der Waals surface area (Å²) in [6, 6.07) is 12.3. The molecule has 3 rings (SSSR count). The van der Waals surface area contributed by atoms with Crippen LogP contribution < -0.4 is 10.2 Å². The molecule has 0 unspecified atom stereocenters. The third kappa shape index (κ3) is 5.13. The monoisotopic (exact) mass is 380 g/mol. The number of nitrogens with zero attached hydrogens (tertiary/aromatic N) is 1. The maximum absolute atomic E-state index is 13.1. The lowest BCUT2D eigenvalue weighted by atomic mass is 10.1. The highest BCUT2D eigenvalue weighted by Crippen LogP contribution is 2.35. The quantitative estimate of drug-likeness (QED) is 0.860. The summed E-state index contributed by atoms with van der Waals surface area (Å²) in [7, 11) is 0. The first-order valence-electron chi connectivity index (χ1n) is 8.45. The molecule has 1 heterocycles. The molecular weight excluding hydrogens is 361 g/mol. The Labute approximate surface area is 154 Å². The number of nitrogens with one attached hydrogen (secondary N) is 1. The average molecular weight is 380 g/mol. The number of ether oxygens (including phenoxy) is 2. The van der Waals surface area contributed by atoms with Gasteiger partial charge in [-0.05, 0) is 23.8 Å². The van der Waals surface area contributed by atoms with E-state index in [2.05, 4.69) is 5.32 Å². The lowest BCUT2D eigenvalue weighted by Gasteiger charge is -2.30. The van der Waals surface area contributed by atoms with Gasteiger partial charge in [0.1, 0.15) is 6.61 Å². The average Bonchev–Trinajstić information content (AvgIpc) is 2.67. The predicted molar refractivity (Wildman–Crippen MR) is 94.7 cm³/mol. The van der Waals surface area contributed by atoms with Crippen LogP contribution >= 0.6 is 0 Å². The van der Waals surface area contributed by atoms with E-state index in [0.717, 1.165) is 17.7 Å². The van der Waals surface area contributed by atoms with Gasteiger partial charge in [0.15, 0.2) is 0 Å². The summed E-state index contributed by atoms with van der Waals surface area (Å²) in [5.41, 5.74) is 0.510. The van der Waals surface area contributed by atoms with Gasteiger partial charge in [0.25, 0.3) is 0 Å². The maximum Gasteiger partial charge on any atom is 0.416 e. The van der Waals surface area contributed by atoms with Crippen LogP contribution in [-0.4, -0.2) is 32.4 Å². The minimum Gasteiger partial charge on any atom is -0.444 e. The van der Waals surface area contributed by atoms with E-state index in [9.17, 15) is 18.0 Å². The van der Waals surface area contributed by atoms with E-state index >= 15 is 0 Å². The van der Waals surface area contributed by atoms with E-state index in [1.807, 2.05) is 11.0 Å². The Kier molecular flexibility index (Phi) is 5.85. The first-order valence-corrected chi connectivity index (χ1v) is 8.45. The minimum atomic E-state index is -4.51. The van der Waals surface area contributed by atoms with Crippen molar-refractivity contribution in [2.24, 2.45) is 0 Å². The van der Waals surface area contributed by atoms with Crippen LogP contribution in [0.5, 0.6) is 0 Å². The van der Waals surface area contributed by atoms with Crippen LogP contribution in [0.4, 0.5) is 29.3 Å². The number of morpholine rings is 1. The number of rotatable bonds is 4. The van der Waals surface area contributed by atoms with E-state index in [-0.39, 0.29) is 12.3 Å². The Bertz CT molecular complexity index is 776. The zero-order chi connectivity index (χ0) is 19.3. The Morgan fingerprint density at radius 3 is 2.48 bits per heavy atom. The molecule has 0 aromatic heterocycles. The largest absolute Gasteiger partial charge is 0.444 e. The van der Waals surface area contributed by atoms with E-state index in [1.54, 1.807) is 24.3 Å². The van der Waals surface area contributed by atoms with Gasteiger partial charge in [-0.2, -0.15) is 13.2 Å². The molecule has 8 heteroatoms. The summed E-state index contributed by atoms with van der Waals surface area (Å²) >= 11 is 0. The molecule has 2 aromatic rings. The van der Waals surface area contributed by atoms with Gasteiger partial charge < -0.3 is 14.4 Å². The number of carbonyl (C=O) groups is 1. The highest BCUT2D eigenvalue weighted by Gasteiger charge is 2.32. The molecule has 0 bridgehead atoms. The van der Waals surface area contributed by atoms with Crippen LogP contribution in [0, 0.1) is 0 Å². The fourth-order valence-corrected chi connectivity index (χ4v) is 2.76. The Morgan fingerprint density at radius 1 is 1.11 bits per heavy atom. The van der Waals surface area contributed by atoms with Gasteiger partial charge in [0, 0.05) is 13.1 Å². The van der Waals surface area contributed by atoms with Crippen LogP contribution in [0.25, 0.3) is 0 Å². The molecule has 1 aliphatic rings. The maximum atomic E-state index is 13.1. The normalized spacial score (nSPS) is 14.7. The van der Waals surface area contributed by atoms with Crippen molar-refractivity contribution < 1.29 is 27.4 Å². The van der Waals surface area contributed by atoms with Crippen molar-refractivity contribution in [2.45, 2.75) is 12.8 Å². The van der Waals surface area contributed by atoms with Gasteiger partial charge in [-0.25, -0.2) is 4.79 Å². The van der Waals surface area contributed by atoms with E-state index in [4.69, 9.17) is 9.47 Å². The first kappa shape index (κ1) is 19.0. The summed E-state index contributed by atoms with van der Waals surface area (Å²) in [4.78, 5) is 14.0. The molecule has 1 amide bonds. The molecule has 0 aliphatic carbocycles. The first-order chi connectivity index (χ1) is 12.9. The van der Waals surface area contributed by atoms with Crippen molar-refractivity contribution in [1.82, 2.24) is 0 Å². The molecule has 1 aliphatic heterocycles. The minimum absolute atomic E-state index is 0.0263. The van der Waals surface area contributed by atoms with Crippen molar-refractivity contribution in [2.75, 3.05) is 36.5 Å². The lowest BCUT2D eigenvalue weighted by Crippen LogP contribution is -2.36. The molecule has 0 radical (unpaired) electrons. The standard InChI is InChI=1S/C19H19F3N2O3/c20-19(21,22)15-6-7-17(24-8-10-26-11-9-24)16(12-15)23-18(25)27-13-14-4-2-1-3-5-14/h1-7,12H,8-11,13H2,(H,23,25). The fourth-order valence-electron chi connectivity index (χ4n) is 2.76. The SMILES string of the molecule is O=C(Nc1cc(C(F)(F)F)ccc1N1CCOCC1)OCc1ccccc1. The lowest BCUT2D eigenvalue weighted by molar-refractivity contribution is -0.137. The third-order valence-electron chi connectivity index (χ3n) is 4.13. The zero-order valence-corrected chi connectivity index (χ0v) is 14.5. The molecule has 0 saturated carbocycles. The zero-order valence-electron chi connectivity index (χ0n) is 14.5. The number of hydrogen-bond donors (Lipinski definition) is 1. The van der Waals surface area contributed by atoms with Gasteiger partial charge >= 0.3 is 12.3 Å². The molecule has 0 spiro atoms. The summed E-state index contributed by atoms with van der Waals surface area (Å²) in [5.74, 6) is 0. The number of hydrogen-bond acceptors (Lipinski definition) is 4. The molecule has 0 atom stereocenters. The summed E-state index contributed by atoms with van der Waals surface area (Å²) in [6.07, 6.45) is -5.32. The summed E-state index contributed by atoms with van der Waals surface area (Å²) in [5, 5.41) is 2.45. The smallest absolute Gasteiger partial charge is 0.416 e. The van der Waals surface area contributed by atoms with Crippen LogP contribution in [-0.2, 0) is 22.3 Å². The number of anilines is 2. The Hall–Kier alpha value is -2.74.